The quantitative estimate of drug-likeness (QED) is 0.919. The molecule has 3 rings (SSSR count). The van der Waals surface area contributed by atoms with Crippen LogP contribution in [0.2, 0.25) is 0 Å². The smallest absolute Gasteiger partial charge is 0.257 e. The van der Waals surface area contributed by atoms with Crippen molar-refractivity contribution >= 4 is 5.91 Å². The van der Waals surface area contributed by atoms with Crippen LogP contribution in [0.5, 0.6) is 11.5 Å². The number of phenolic OH excluding ortho intramolecular Hbond substituents is 1. The van der Waals surface area contributed by atoms with Gasteiger partial charge in [0.05, 0.1) is 25.9 Å². The van der Waals surface area contributed by atoms with E-state index in [0.29, 0.717) is 43.5 Å². The molecule has 6 nitrogen and oxygen atoms in total. The number of hydrogen-bond donors (Lipinski definition) is 1. The number of piperidine rings is 1. The molecule has 22 heavy (non-hydrogen) atoms. The van der Waals surface area contributed by atoms with Crippen molar-refractivity contribution < 1.29 is 24.1 Å². The van der Waals surface area contributed by atoms with E-state index in [2.05, 4.69) is 0 Å². The van der Waals surface area contributed by atoms with Gasteiger partial charge < -0.3 is 24.2 Å². The van der Waals surface area contributed by atoms with Crippen LogP contribution in [0, 0.1) is 5.92 Å². The molecule has 6 heteroatoms. The highest BCUT2D eigenvalue weighted by molar-refractivity contribution is 5.97. The first-order valence-electron chi connectivity index (χ1n) is 7.58. The van der Waals surface area contributed by atoms with E-state index in [4.69, 9.17) is 14.2 Å². The van der Waals surface area contributed by atoms with Gasteiger partial charge in [0, 0.05) is 25.1 Å². The molecule has 120 valence electrons. The number of ether oxygens (including phenoxy) is 3. The van der Waals surface area contributed by atoms with E-state index in [1.165, 1.54) is 13.2 Å². The van der Waals surface area contributed by atoms with Crippen LogP contribution in [0.25, 0.3) is 0 Å². The van der Waals surface area contributed by atoms with Gasteiger partial charge in [-0.15, -0.1) is 0 Å². The number of phenols is 1. The van der Waals surface area contributed by atoms with Crippen molar-refractivity contribution in [3.8, 4) is 11.5 Å². The van der Waals surface area contributed by atoms with Crippen molar-refractivity contribution in [1.82, 2.24) is 4.90 Å². The molecule has 0 aromatic heterocycles. The number of methoxy groups -OCH3 is 1. The van der Waals surface area contributed by atoms with Gasteiger partial charge in [-0.05, 0) is 25.0 Å². The summed E-state index contributed by atoms with van der Waals surface area (Å²) in [6.45, 7) is 2.61. The fraction of sp³-hybridized carbons (Fsp3) is 0.562. The zero-order valence-electron chi connectivity index (χ0n) is 12.7. The van der Waals surface area contributed by atoms with Crippen LogP contribution in [0.15, 0.2) is 18.2 Å². The molecule has 2 aliphatic heterocycles. The molecule has 1 N–H and O–H groups in total. The van der Waals surface area contributed by atoms with Gasteiger partial charge in [-0.3, -0.25) is 4.79 Å². The van der Waals surface area contributed by atoms with Crippen LogP contribution >= 0.6 is 0 Å². The fourth-order valence-corrected chi connectivity index (χ4v) is 3.01. The van der Waals surface area contributed by atoms with Gasteiger partial charge in [0.15, 0.2) is 6.29 Å². The number of hydrogen-bond acceptors (Lipinski definition) is 5. The number of benzene rings is 1. The molecule has 0 radical (unpaired) electrons. The van der Waals surface area contributed by atoms with Gasteiger partial charge in [0.1, 0.15) is 11.5 Å². The highest BCUT2D eigenvalue weighted by Crippen LogP contribution is 2.29. The lowest BCUT2D eigenvalue weighted by atomic mass is 9.95. The summed E-state index contributed by atoms with van der Waals surface area (Å²) in [6.07, 6.45) is 1.59. The third-order valence-electron chi connectivity index (χ3n) is 4.29. The molecular formula is C16H21NO5. The molecule has 0 spiro atoms. The number of carbonyl (C=O) groups is 1. The number of rotatable bonds is 3. The van der Waals surface area contributed by atoms with Crippen LogP contribution in [-0.2, 0) is 9.47 Å². The van der Waals surface area contributed by atoms with Crippen LogP contribution in [0.4, 0.5) is 0 Å². The Morgan fingerprint density at radius 3 is 2.55 bits per heavy atom. The first-order valence-corrected chi connectivity index (χ1v) is 7.58. The molecule has 2 saturated heterocycles. The summed E-state index contributed by atoms with van der Waals surface area (Å²) in [5.41, 5.74) is 0.313. The minimum absolute atomic E-state index is 0.0473. The molecule has 1 amide bonds. The minimum atomic E-state index is -0.146. The Labute approximate surface area is 129 Å². The number of amides is 1. The lowest BCUT2D eigenvalue weighted by Crippen LogP contribution is -2.41. The van der Waals surface area contributed by atoms with E-state index >= 15 is 0 Å². The molecule has 1 aromatic rings. The van der Waals surface area contributed by atoms with Crippen LogP contribution < -0.4 is 4.74 Å². The van der Waals surface area contributed by atoms with Gasteiger partial charge in [-0.2, -0.15) is 0 Å². The Hall–Kier alpha value is -1.79. The maximum absolute atomic E-state index is 12.5. The molecule has 1 aromatic carbocycles. The van der Waals surface area contributed by atoms with Gasteiger partial charge in [0.25, 0.3) is 5.91 Å². The maximum atomic E-state index is 12.5. The molecule has 0 bridgehead atoms. The molecule has 0 saturated carbocycles. The number of aromatic hydroxyl groups is 1. The van der Waals surface area contributed by atoms with Gasteiger partial charge in [-0.1, -0.05) is 0 Å². The summed E-state index contributed by atoms with van der Waals surface area (Å²) in [7, 11) is 1.52. The monoisotopic (exact) mass is 307 g/mol. The fourth-order valence-electron chi connectivity index (χ4n) is 3.01. The molecule has 2 fully saturated rings. The number of nitrogens with zero attached hydrogens (tertiary/aromatic N) is 1. The van der Waals surface area contributed by atoms with E-state index in [-0.39, 0.29) is 17.9 Å². The highest BCUT2D eigenvalue weighted by atomic mass is 16.7. The highest BCUT2D eigenvalue weighted by Gasteiger charge is 2.32. The summed E-state index contributed by atoms with van der Waals surface area (Å²) in [5, 5.41) is 9.98. The van der Waals surface area contributed by atoms with E-state index in [1.807, 2.05) is 0 Å². The topological polar surface area (TPSA) is 68.2 Å². The summed E-state index contributed by atoms with van der Waals surface area (Å²) >= 11 is 0. The Morgan fingerprint density at radius 2 is 1.95 bits per heavy atom. The van der Waals surface area contributed by atoms with Crippen molar-refractivity contribution in [3.63, 3.8) is 0 Å². The second-order valence-electron chi connectivity index (χ2n) is 5.62. The van der Waals surface area contributed by atoms with Crippen LogP contribution in [0.3, 0.4) is 0 Å². The molecular weight excluding hydrogens is 286 g/mol. The maximum Gasteiger partial charge on any atom is 0.257 e. The van der Waals surface area contributed by atoms with Crippen molar-refractivity contribution in [2.45, 2.75) is 19.1 Å². The minimum Gasteiger partial charge on any atom is -0.507 e. The Bertz CT molecular complexity index is 533. The van der Waals surface area contributed by atoms with Gasteiger partial charge in [0.2, 0.25) is 0 Å². The lowest BCUT2D eigenvalue weighted by molar-refractivity contribution is -0.0956. The third-order valence-corrected chi connectivity index (χ3v) is 4.29. The largest absolute Gasteiger partial charge is 0.507 e. The van der Waals surface area contributed by atoms with Crippen molar-refractivity contribution in [2.75, 3.05) is 33.4 Å². The first kappa shape index (κ1) is 15.1. The normalized spacial score (nSPS) is 20.3. The van der Waals surface area contributed by atoms with Crippen molar-refractivity contribution in [3.05, 3.63) is 23.8 Å². The predicted molar refractivity (Wildman–Crippen MR) is 79.0 cm³/mol. The zero-order chi connectivity index (χ0) is 15.5. The zero-order valence-corrected chi connectivity index (χ0v) is 12.7. The number of carbonyl (C=O) groups excluding carboxylic acids is 1. The molecule has 2 aliphatic rings. The van der Waals surface area contributed by atoms with E-state index in [0.717, 1.165) is 12.8 Å². The third kappa shape index (κ3) is 3.03. The van der Waals surface area contributed by atoms with Gasteiger partial charge in [-0.25, -0.2) is 0 Å². The van der Waals surface area contributed by atoms with Crippen LogP contribution in [-0.4, -0.2) is 55.6 Å². The number of likely N-dealkylation sites (tertiary alicyclic amines) is 1. The Kier molecular flexibility index (Phi) is 4.49. The average molecular weight is 307 g/mol. The summed E-state index contributed by atoms with van der Waals surface area (Å²) in [4.78, 5) is 14.3. The second kappa shape index (κ2) is 6.54. The van der Waals surface area contributed by atoms with Crippen LogP contribution in [0.1, 0.15) is 23.2 Å². The molecule has 0 unspecified atom stereocenters. The molecule has 2 heterocycles. The SMILES string of the molecule is COc1ccc(C(=O)N2CCC(C3OCCO3)CC2)c(O)c1. The molecule has 0 aliphatic carbocycles. The first-order chi connectivity index (χ1) is 10.7. The standard InChI is InChI=1S/C16H21NO5/c1-20-12-2-3-13(14(18)10-12)15(19)17-6-4-11(5-7-17)16-21-8-9-22-16/h2-3,10-11,16,18H,4-9H2,1H3. The Morgan fingerprint density at radius 1 is 1.27 bits per heavy atom. The summed E-state index contributed by atoms with van der Waals surface area (Å²) in [5.74, 6) is 0.681. The van der Waals surface area contributed by atoms with Gasteiger partial charge >= 0.3 is 0 Å². The second-order valence-corrected chi connectivity index (χ2v) is 5.62. The summed E-state index contributed by atoms with van der Waals surface area (Å²) in [6, 6.07) is 4.74. The molecule has 0 atom stereocenters. The predicted octanol–water partition coefficient (Wildman–Crippen LogP) is 1.63. The average Bonchev–Trinajstić information content (AvgIpc) is 3.08. The van der Waals surface area contributed by atoms with E-state index < -0.39 is 0 Å². The van der Waals surface area contributed by atoms with Crippen molar-refractivity contribution in [1.29, 1.82) is 0 Å². The van der Waals surface area contributed by atoms with Crippen molar-refractivity contribution in [2.24, 2.45) is 5.92 Å². The van der Waals surface area contributed by atoms with E-state index in [1.54, 1.807) is 17.0 Å². The lowest BCUT2D eigenvalue weighted by Gasteiger charge is -2.34. The summed E-state index contributed by atoms with van der Waals surface area (Å²) < 4.78 is 16.1. The Balaban J connectivity index is 1.62. The van der Waals surface area contributed by atoms with E-state index in [9.17, 15) is 9.90 Å².